The van der Waals surface area contributed by atoms with Crippen molar-refractivity contribution in [3.63, 3.8) is 0 Å². The van der Waals surface area contributed by atoms with Gasteiger partial charge in [-0.3, -0.25) is 9.59 Å². The molecule has 1 unspecified atom stereocenters. The zero-order valence-electron chi connectivity index (χ0n) is 14.2. The van der Waals surface area contributed by atoms with E-state index in [-0.39, 0.29) is 17.9 Å². The van der Waals surface area contributed by atoms with Gasteiger partial charge in [-0.15, -0.1) is 0 Å². The van der Waals surface area contributed by atoms with E-state index in [0.717, 1.165) is 58.4 Å². The lowest BCUT2D eigenvalue weighted by Crippen LogP contribution is -2.56. The highest BCUT2D eigenvalue weighted by Crippen LogP contribution is 2.13. The normalized spacial score (nSPS) is 21.3. The van der Waals surface area contributed by atoms with Gasteiger partial charge in [-0.05, 0) is 31.2 Å². The number of benzene rings is 1. The van der Waals surface area contributed by atoms with E-state index in [0.29, 0.717) is 6.42 Å². The first kappa shape index (κ1) is 17.0. The highest BCUT2D eigenvalue weighted by atomic mass is 16.2. The molecule has 1 aromatic rings. The number of nitrogens with zero attached hydrogens (tertiary/aromatic N) is 2. The Balaban J connectivity index is 1.46. The second-order valence-corrected chi connectivity index (χ2v) is 6.71. The van der Waals surface area contributed by atoms with E-state index in [2.05, 4.69) is 17.4 Å². The van der Waals surface area contributed by atoms with Crippen molar-refractivity contribution in [3.8, 4) is 0 Å². The first-order valence-electron chi connectivity index (χ1n) is 9.08. The smallest absolute Gasteiger partial charge is 0.240 e. The molecule has 2 saturated heterocycles. The predicted octanol–water partition coefficient (Wildman–Crippen LogP) is 1.43. The lowest BCUT2D eigenvalue weighted by atomic mass is 10.1. The summed E-state index contributed by atoms with van der Waals surface area (Å²) < 4.78 is 0. The molecule has 0 radical (unpaired) electrons. The Bertz CT molecular complexity index is 555. The average Bonchev–Trinajstić information content (AvgIpc) is 3.14. The molecule has 3 rings (SSSR count). The van der Waals surface area contributed by atoms with E-state index in [1.807, 2.05) is 28.0 Å². The van der Waals surface area contributed by atoms with E-state index < -0.39 is 0 Å². The number of aryl methyl sites for hydroxylation is 1. The number of nitrogens with one attached hydrogen (secondary N) is 1. The highest BCUT2D eigenvalue weighted by Gasteiger charge is 2.31. The lowest BCUT2D eigenvalue weighted by molar-refractivity contribution is -0.140. The first-order valence-corrected chi connectivity index (χ1v) is 9.08. The number of likely N-dealkylation sites (tertiary alicyclic amines) is 1. The average molecular weight is 329 g/mol. The van der Waals surface area contributed by atoms with Crippen molar-refractivity contribution in [1.82, 2.24) is 15.1 Å². The number of rotatable bonds is 6. The molecule has 0 bridgehead atoms. The zero-order chi connectivity index (χ0) is 16.8. The maximum atomic E-state index is 12.6. The molecular weight excluding hydrogens is 302 g/mol. The second-order valence-electron chi connectivity index (χ2n) is 6.71. The fraction of sp³-hybridized carbons (Fsp3) is 0.579. The van der Waals surface area contributed by atoms with Gasteiger partial charge in [0, 0.05) is 32.7 Å². The summed E-state index contributed by atoms with van der Waals surface area (Å²) in [6.07, 6.45) is 4.42. The van der Waals surface area contributed by atoms with Crippen molar-refractivity contribution in [2.24, 2.45) is 0 Å². The topological polar surface area (TPSA) is 52.7 Å². The third-order valence-corrected chi connectivity index (χ3v) is 4.96. The van der Waals surface area contributed by atoms with Crippen LogP contribution in [0.4, 0.5) is 0 Å². The molecule has 2 fully saturated rings. The summed E-state index contributed by atoms with van der Waals surface area (Å²) >= 11 is 0. The molecule has 130 valence electrons. The van der Waals surface area contributed by atoms with E-state index in [1.54, 1.807) is 0 Å². The van der Waals surface area contributed by atoms with Crippen LogP contribution in [0, 0.1) is 0 Å². The van der Waals surface area contributed by atoms with Gasteiger partial charge in [0.1, 0.15) is 0 Å². The number of carbonyl (C=O) groups excluding carboxylic acids is 2. The Morgan fingerprint density at radius 3 is 2.62 bits per heavy atom. The van der Waals surface area contributed by atoms with E-state index in [9.17, 15) is 9.59 Å². The Morgan fingerprint density at radius 1 is 1.12 bits per heavy atom. The van der Waals surface area contributed by atoms with Gasteiger partial charge in [-0.1, -0.05) is 30.3 Å². The van der Waals surface area contributed by atoms with Crippen LogP contribution in [0.1, 0.15) is 31.2 Å². The number of hydrogen-bond acceptors (Lipinski definition) is 3. The van der Waals surface area contributed by atoms with Crippen LogP contribution in [0.2, 0.25) is 0 Å². The molecule has 0 aromatic heterocycles. The molecule has 24 heavy (non-hydrogen) atoms. The largest absolute Gasteiger partial charge is 0.343 e. The monoisotopic (exact) mass is 329 g/mol. The molecule has 2 aliphatic heterocycles. The van der Waals surface area contributed by atoms with Crippen molar-refractivity contribution in [2.45, 2.75) is 38.1 Å². The highest BCUT2D eigenvalue weighted by molar-refractivity contribution is 5.89. The van der Waals surface area contributed by atoms with E-state index in [1.165, 1.54) is 5.56 Å². The van der Waals surface area contributed by atoms with Gasteiger partial charge in [0.2, 0.25) is 11.8 Å². The standard InChI is InChI=1S/C19H27N3O2/c23-18(21-11-4-5-12-21)15-17-19(24)22(14-10-20-17)13-6-9-16-7-2-1-3-8-16/h1-3,7-8,17,20H,4-6,9-15H2. The van der Waals surface area contributed by atoms with Crippen LogP contribution in [0.25, 0.3) is 0 Å². The van der Waals surface area contributed by atoms with E-state index >= 15 is 0 Å². The van der Waals surface area contributed by atoms with E-state index in [4.69, 9.17) is 0 Å². The maximum Gasteiger partial charge on any atom is 0.240 e. The quantitative estimate of drug-likeness (QED) is 0.859. The third-order valence-electron chi connectivity index (χ3n) is 4.96. The summed E-state index contributed by atoms with van der Waals surface area (Å²) in [6, 6.07) is 10.0. The van der Waals surface area contributed by atoms with Crippen LogP contribution < -0.4 is 5.32 Å². The molecule has 5 nitrogen and oxygen atoms in total. The molecule has 5 heteroatoms. The van der Waals surface area contributed by atoms with Gasteiger partial charge < -0.3 is 15.1 Å². The Hall–Kier alpha value is -1.88. The molecule has 2 heterocycles. The molecule has 2 amide bonds. The van der Waals surface area contributed by atoms with Crippen molar-refractivity contribution < 1.29 is 9.59 Å². The Morgan fingerprint density at radius 2 is 1.88 bits per heavy atom. The molecule has 2 aliphatic rings. The number of amides is 2. The van der Waals surface area contributed by atoms with Gasteiger partial charge in [-0.2, -0.15) is 0 Å². The minimum Gasteiger partial charge on any atom is -0.343 e. The fourth-order valence-electron chi connectivity index (χ4n) is 3.56. The SMILES string of the molecule is O=C(CC1NCCN(CCCc2ccccc2)C1=O)N1CCCC1. The molecule has 1 N–H and O–H groups in total. The summed E-state index contributed by atoms with van der Waals surface area (Å²) in [5.74, 6) is 0.200. The fourth-order valence-corrected chi connectivity index (χ4v) is 3.56. The number of hydrogen-bond donors (Lipinski definition) is 1. The molecule has 0 saturated carbocycles. The molecule has 0 aliphatic carbocycles. The molecule has 0 spiro atoms. The minimum absolute atomic E-state index is 0.0851. The molecular formula is C19H27N3O2. The number of carbonyl (C=O) groups is 2. The van der Waals surface area contributed by atoms with Crippen molar-refractivity contribution in [3.05, 3.63) is 35.9 Å². The van der Waals surface area contributed by atoms with Crippen molar-refractivity contribution in [1.29, 1.82) is 0 Å². The number of piperazine rings is 1. The van der Waals surface area contributed by atoms with Crippen LogP contribution in [-0.4, -0.2) is 60.4 Å². The summed E-state index contributed by atoms with van der Waals surface area (Å²) in [5, 5.41) is 3.22. The van der Waals surface area contributed by atoms with Gasteiger partial charge in [0.15, 0.2) is 0 Å². The first-order chi connectivity index (χ1) is 11.7. The van der Waals surface area contributed by atoms with Crippen LogP contribution >= 0.6 is 0 Å². The second kappa shape index (κ2) is 8.29. The summed E-state index contributed by atoms with van der Waals surface area (Å²) in [5.41, 5.74) is 1.31. The molecule has 1 atom stereocenters. The Labute approximate surface area is 144 Å². The summed E-state index contributed by atoms with van der Waals surface area (Å²) in [4.78, 5) is 28.7. The van der Waals surface area contributed by atoms with Crippen LogP contribution in [0.3, 0.4) is 0 Å². The van der Waals surface area contributed by atoms with Crippen LogP contribution in [0.5, 0.6) is 0 Å². The van der Waals surface area contributed by atoms with Crippen LogP contribution in [0.15, 0.2) is 30.3 Å². The third kappa shape index (κ3) is 4.35. The minimum atomic E-state index is -0.344. The zero-order valence-corrected chi connectivity index (χ0v) is 14.2. The van der Waals surface area contributed by atoms with Crippen molar-refractivity contribution >= 4 is 11.8 Å². The Kier molecular flexibility index (Phi) is 5.86. The predicted molar refractivity (Wildman–Crippen MR) is 93.6 cm³/mol. The molecule has 1 aromatic carbocycles. The van der Waals surface area contributed by atoms with Crippen LogP contribution in [-0.2, 0) is 16.0 Å². The summed E-state index contributed by atoms with van der Waals surface area (Å²) in [7, 11) is 0. The van der Waals surface area contributed by atoms with Gasteiger partial charge in [0.05, 0.1) is 12.5 Å². The summed E-state index contributed by atoms with van der Waals surface area (Å²) in [6.45, 7) is 3.97. The maximum absolute atomic E-state index is 12.6. The van der Waals surface area contributed by atoms with Gasteiger partial charge >= 0.3 is 0 Å². The van der Waals surface area contributed by atoms with Crippen molar-refractivity contribution in [2.75, 3.05) is 32.7 Å². The van der Waals surface area contributed by atoms with Gasteiger partial charge in [-0.25, -0.2) is 0 Å². The van der Waals surface area contributed by atoms with Gasteiger partial charge in [0.25, 0.3) is 0 Å². The lowest BCUT2D eigenvalue weighted by Gasteiger charge is -2.33.